The number of aromatic nitrogens is 2. The maximum atomic E-state index is 10.4. The second kappa shape index (κ2) is 11.4. The van der Waals surface area contributed by atoms with Crippen LogP contribution in [0.5, 0.6) is 0 Å². The Balaban J connectivity index is 0.000000355. The molecule has 1 aliphatic rings. The Labute approximate surface area is 246 Å². The Morgan fingerprint density at radius 1 is 0.775 bits per heavy atom. The van der Waals surface area contributed by atoms with E-state index in [1.54, 1.807) is 18.9 Å². The van der Waals surface area contributed by atoms with Gasteiger partial charge in [-0.1, -0.05) is 80.6 Å². The normalized spacial score (nSPS) is 13.0. The van der Waals surface area contributed by atoms with Crippen molar-refractivity contribution in [1.29, 1.82) is 0 Å². The van der Waals surface area contributed by atoms with Crippen LogP contribution in [-0.2, 0) is 33.9 Å². The zero-order valence-electron chi connectivity index (χ0n) is 23.3. The number of fused-ring (bicyclic) bond motifs is 4. The van der Waals surface area contributed by atoms with Gasteiger partial charge in [-0.3, -0.25) is 4.57 Å². The van der Waals surface area contributed by atoms with E-state index in [0.29, 0.717) is 0 Å². The molecule has 0 bridgehead atoms. The van der Waals surface area contributed by atoms with E-state index in [4.69, 9.17) is 4.98 Å². The summed E-state index contributed by atoms with van der Waals surface area (Å²) in [5.74, 6) is 0.882. The number of benzene rings is 4. The van der Waals surface area contributed by atoms with Crippen molar-refractivity contribution in [1.82, 2.24) is 9.55 Å². The Morgan fingerprint density at radius 3 is 2.02 bits per heavy atom. The molecule has 0 unspecified atom stereocenters. The zero-order chi connectivity index (χ0) is 28.4. The maximum Gasteiger partial charge on any atom is 0.145 e. The average Bonchev–Trinajstić information content (AvgIpc) is 3.51. The Morgan fingerprint density at radius 2 is 1.38 bits per heavy atom. The van der Waals surface area contributed by atoms with Crippen LogP contribution in [0.25, 0.3) is 39.2 Å². The minimum Gasteiger partial charge on any atom is -0.292 e. The number of Topliss-reactive ketones (excluding diaryl/α,β-unsaturated/α-hetero) is 2. The molecule has 1 aliphatic carbocycles. The molecule has 4 aromatic carbocycles. The van der Waals surface area contributed by atoms with Crippen molar-refractivity contribution < 1.29 is 28.5 Å². The van der Waals surface area contributed by atoms with Gasteiger partial charge in [0.1, 0.15) is 5.82 Å². The van der Waals surface area contributed by atoms with Crippen molar-refractivity contribution in [3.8, 4) is 28.2 Å². The number of imidazole rings is 1. The molecule has 0 N–H and O–H groups in total. The van der Waals surface area contributed by atoms with Gasteiger partial charge in [-0.15, -0.1) is 0 Å². The minimum atomic E-state index is -0.407. The number of rotatable bonds is 6. The summed E-state index contributed by atoms with van der Waals surface area (Å²) < 4.78 is 1.88. The number of hydrogen-bond donors (Lipinski definition) is 0. The number of ketones is 2. The molecular formula is C35H33IrN2O2. The van der Waals surface area contributed by atoms with Crippen LogP contribution in [0.3, 0.4) is 0 Å². The Kier molecular flexibility index (Phi) is 7.98. The summed E-state index contributed by atoms with van der Waals surface area (Å²) in [4.78, 5) is 25.8. The van der Waals surface area contributed by atoms with Crippen molar-refractivity contribution in [3.63, 3.8) is 0 Å². The van der Waals surface area contributed by atoms with Gasteiger partial charge >= 0.3 is 58.3 Å². The van der Waals surface area contributed by atoms with Crippen LogP contribution in [0.4, 0.5) is 0 Å². The third-order valence-electron chi connectivity index (χ3n) is 7.99. The number of nitrogens with zero attached hydrogens (tertiary/aromatic N) is 2. The molecule has 0 atom stereocenters. The van der Waals surface area contributed by atoms with E-state index in [0.717, 1.165) is 35.4 Å². The molecule has 0 saturated heterocycles. The van der Waals surface area contributed by atoms with E-state index in [9.17, 15) is 9.59 Å². The van der Waals surface area contributed by atoms with Gasteiger partial charge in [0.15, 0.2) is 0 Å². The summed E-state index contributed by atoms with van der Waals surface area (Å²) in [6.07, 6.45) is 2.18. The Hall–Kier alpha value is -3.66. The van der Waals surface area contributed by atoms with E-state index in [1.165, 1.54) is 41.7 Å². The topological polar surface area (TPSA) is 52.0 Å². The summed E-state index contributed by atoms with van der Waals surface area (Å²) in [5, 5.41) is 0. The molecule has 0 amide bonds. The van der Waals surface area contributed by atoms with Crippen molar-refractivity contribution >= 4 is 22.6 Å². The number of para-hydroxylation sites is 3. The van der Waals surface area contributed by atoms with Gasteiger partial charge in [0.05, 0.1) is 11.0 Å². The van der Waals surface area contributed by atoms with Gasteiger partial charge in [-0.25, -0.2) is 4.98 Å². The van der Waals surface area contributed by atoms with E-state index in [1.807, 2.05) is 0 Å². The number of hydrogen-bond acceptors (Lipinski definition) is 3. The molecule has 40 heavy (non-hydrogen) atoms. The first-order valence-electron chi connectivity index (χ1n) is 13.7. The molecule has 0 saturated carbocycles. The summed E-state index contributed by atoms with van der Waals surface area (Å²) in [7, 11) is 0. The molecule has 5 aromatic rings. The molecule has 5 heteroatoms. The molecule has 1 aromatic heterocycles. The smallest absolute Gasteiger partial charge is 0.145 e. The van der Waals surface area contributed by atoms with Crippen molar-refractivity contribution in [3.05, 3.63) is 108 Å². The predicted molar refractivity (Wildman–Crippen MR) is 158 cm³/mol. The van der Waals surface area contributed by atoms with E-state index in [-0.39, 0.29) is 17.0 Å². The summed E-state index contributed by atoms with van der Waals surface area (Å²) in [6.45, 7) is 7.49. The van der Waals surface area contributed by atoms with Crippen LogP contribution in [0.15, 0.2) is 97.1 Å². The fourth-order valence-corrected chi connectivity index (χ4v) is 5.95. The summed E-state index contributed by atoms with van der Waals surface area (Å²) >= 11 is 1.62. The minimum absolute atomic E-state index is 0.0579. The second-order valence-corrected chi connectivity index (χ2v) is 11.6. The van der Waals surface area contributed by atoms with Crippen molar-refractivity contribution in [2.24, 2.45) is 0 Å². The van der Waals surface area contributed by atoms with Crippen LogP contribution >= 0.6 is 0 Å². The molecule has 0 spiro atoms. The van der Waals surface area contributed by atoms with Crippen molar-refractivity contribution in [2.45, 2.75) is 50.4 Å². The number of carbonyl (C=O) groups excluding carboxylic acids is 2. The van der Waals surface area contributed by atoms with Gasteiger partial charge < -0.3 is 0 Å². The predicted octanol–water partition coefficient (Wildman–Crippen LogP) is 8.28. The monoisotopic (exact) mass is 706 g/mol. The first-order chi connectivity index (χ1) is 19.3. The molecule has 1 heterocycles. The Bertz CT molecular complexity index is 1690. The molecule has 0 radical (unpaired) electrons. The van der Waals surface area contributed by atoms with E-state index < -0.39 is 4.43 Å². The quantitative estimate of drug-likeness (QED) is 0.167. The van der Waals surface area contributed by atoms with Crippen LogP contribution in [-0.4, -0.2) is 21.1 Å². The van der Waals surface area contributed by atoms with Crippen LogP contribution in [0, 0.1) is 0 Å². The SMILES string of the molecule is CC(=O)[CH]([Ir])C(C)=O.CCC1(CC)c2ccccc2-c2ccc(-c3nc4ccccc4n3-c3ccccc3)cc21. The molecule has 4 nitrogen and oxygen atoms in total. The summed E-state index contributed by atoms with van der Waals surface area (Å²) in [5.41, 5.74) is 10.2. The summed E-state index contributed by atoms with van der Waals surface area (Å²) in [6, 6.07) is 34.9. The van der Waals surface area contributed by atoms with Gasteiger partial charge in [0.2, 0.25) is 0 Å². The van der Waals surface area contributed by atoms with Crippen LogP contribution < -0.4 is 0 Å². The van der Waals surface area contributed by atoms with Gasteiger partial charge in [-0.2, -0.15) is 0 Å². The largest absolute Gasteiger partial charge is 0.292 e. The third kappa shape index (κ3) is 4.78. The maximum absolute atomic E-state index is 10.4. The molecule has 0 fully saturated rings. The fraction of sp³-hybridized carbons (Fsp3) is 0.229. The average molecular weight is 706 g/mol. The zero-order valence-corrected chi connectivity index (χ0v) is 25.7. The molecule has 6 rings (SSSR count). The van der Waals surface area contributed by atoms with Crippen LogP contribution in [0.1, 0.15) is 51.7 Å². The van der Waals surface area contributed by atoms with Gasteiger partial charge in [-0.05, 0) is 65.4 Å². The number of carbonyl (C=O) groups is 2. The second-order valence-electron chi connectivity index (χ2n) is 10.2. The van der Waals surface area contributed by atoms with E-state index >= 15 is 0 Å². The van der Waals surface area contributed by atoms with Gasteiger partial charge in [0.25, 0.3) is 0 Å². The van der Waals surface area contributed by atoms with Crippen molar-refractivity contribution in [2.75, 3.05) is 0 Å². The standard InChI is InChI=1S/C30H26N2.C5H7O2.Ir/c1-3-30(4-2)25-15-9-8-14-23(25)24-19-18-21(20-26(24)30)29-31-27-16-10-11-17-28(27)32(29)22-12-6-5-7-13-22;1-4(6)3-5(2)7;/h5-20H,3-4H2,1-2H3;3H,1-2H3;. The first kappa shape index (κ1) is 27.9. The van der Waals surface area contributed by atoms with Gasteiger partial charge in [0, 0.05) is 16.7 Å². The van der Waals surface area contributed by atoms with E-state index in [2.05, 4.69) is 115 Å². The molecule has 0 aliphatic heterocycles. The first-order valence-corrected chi connectivity index (χ1v) is 15.1. The van der Waals surface area contributed by atoms with Crippen LogP contribution in [0.2, 0.25) is 4.43 Å². The molecule has 204 valence electrons. The third-order valence-corrected chi connectivity index (χ3v) is 9.93. The molecular weight excluding hydrogens is 673 g/mol. The fourth-order valence-electron chi connectivity index (χ4n) is 5.95.